The Kier molecular flexibility index (Phi) is 23.6. The quantitative estimate of drug-likeness (QED) is 0.0947. The summed E-state index contributed by atoms with van der Waals surface area (Å²) in [5.74, 6) is -4.22. The number of hydrogen-bond donors (Lipinski definition) is 8. The Balaban J connectivity index is -0.000000239. The number of amides is 4. The zero-order valence-corrected chi connectivity index (χ0v) is 31.3. The summed E-state index contributed by atoms with van der Waals surface area (Å²) in [6.45, 7) is 19.5. The maximum Gasteiger partial charge on any atom is 0.305 e. The van der Waals surface area contributed by atoms with Gasteiger partial charge in [0.2, 0.25) is 23.6 Å². The molecule has 49 heavy (non-hydrogen) atoms. The molecule has 2 heterocycles. The first-order valence-corrected chi connectivity index (χ1v) is 15.9. The maximum atomic E-state index is 12.2. The Hall–Kier alpha value is -2.76. The van der Waals surface area contributed by atoms with Crippen molar-refractivity contribution >= 4 is 59.1 Å². The van der Waals surface area contributed by atoms with Gasteiger partial charge in [0.1, 0.15) is 12.1 Å². The monoisotopic (exact) mass is 752 g/mol. The van der Waals surface area contributed by atoms with E-state index in [-0.39, 0.29) is 70.3 Å². The molecule has 292 valence electrons. The van der Waals surface area contributed by atoms with Crippen LogP contribution in [0.4, 0.5) is 0 Å². The Morgan fingerprint density at radius 2 is 0.776 bits per heavy atom. The third-order valence-electron chi connectivity index (χ3n) is 7.37. The molecule has 20 N–H and O–H groups in total. The molecule has 0 aliphatic carbocycles. The first kappa shape index (κ1) is 55.6. The number of hydrogen-bond acceptors (Lipinski definition) is 10. The third kappa shape index (κ3) is 15.8. The summed E-state index contributed by atoms with van der Waals surface area (Å²) < 4.78 is -0.267. The van der Waals surface area contributed by atoms with E-state index in [1.54, 1.807) is 37.4 Å². The van der Waals surface area contributed by atoms with Crippen molar-refractivity contribution in [2.24, 2.45) is 11.5 Å². The molecule has 2 aliphatic rings. The molecule has 4 unspecified atom stereocenters. The number of carbonyl (C=O) groups excluding carboxylic acids is 4. The van der Waals surface area contributed by atoms with E-state index in [2.05, 4.69) is 76.7 Å². The first-order chi connectivity index (χ1) is 19.7. The lowest BCUT2D eigenvalue weighted by molar-refractivity contribution is -0.140. The maximum absolute atomic E-state index is 12.2. The molecular formula is C28H60N6O13S2. The van der Waals surface area contributed by atoms with Crippen LogP contribution in [0.1, 0.15) is 82.1 Å². The van der Waals surface area contributed by atoms with Crippen molar-refractivity contribution < 1.29 is 66.4 Å². The van der Waals surface area contributed by atoms with Gasteiger partial charge in [-0.2, -0.15) is 0 Å². The molecule has 0 saturated carbocycles. The average molecular weight is 753 g/mol. The molecule has 0 bridgehead atoms. The van der Waals surface area contributed by atoms with Crippen LogP contribution in [0.2, 0.25) is 0 Å². The van der Waals surface area contributed by atoms with E-state index in [9.17, 15) is 28.8 Å². The van der Waals surface area contributed by atoms with Gasteiger partial charge >= 0.3 is 11.9 Å². The second-order valence-electron chi connectivity index (χ2n) is 13.4. The Labute approximate surface area is 295 Å². The van der Waals surface area contributed by atoms with Gasteiger partial charge in [0.25, 0.3) is 0 Å². The highest BCUT2D eigenvalue weighted by molar-refractivity contribution is 8.03. The van der Waals surface area contributed by atoms with E-state index in [0.717, 1.165) is 0 Å². The van der Waals surface area contributed by atoms with Gasteiger partial charge in [-0.25, -0.2) is 0 Å². The van der Waals surface area contributed by atoms with Crippen LogP contribution in [0.3, 0.4) is 0 Å². The Morgan fingerprint density at radius 1 is 0.551 bits per heavy atom. The minimum absolute atomic E-state index is 0. The van der Waals surface area contributed by atoms with Crippen molar-refractivity contribution in [1.29, 1.82) is 0 Å². The fraction of sp³-hybridized carbons (Fsp3) is 0.786. The summed E-state index contributed by atoms with van der Waals surface area (Å²) in [4.78, 5) is 68.9. The number of aliphatic carboxylic acids is 2. The van der Waals surface area contributed by atoms with Crippen molar-refractivity contribution in [2.45, 2.75) is 137 Å². The van der Waals surface area contributed by atoms with Crippen molar-refractivity contribution in [3.05, 3.63) is 0 Å². The lowest BCUT2D eigenvalue weighted by atomic mass is 9.89. The minimum atomic E-state index is -1.17. The van der Waals surface area contributed by atoms with Gasteiger partial charge in [0.15, 0.2) is 0 Å². The summed E-state index contributed by atoms with van der Waals surface area (Å²) >= 11 is 3.58. The molecule has 0 radical (unpaired) electrons. The van der Waals surface area contributed by atoms with Gasteiger partial charge in [-0.05, 0) is 69.2 Å². The SMILES string of the molecule is CC(NC(=O)C(N)CC(=O)O)C(=O)NC1C(C)(C)SC1(C)C.CC(NC(=O)C(N)CC(=O)O)C(=O)NC1C(C)(C)SC1(C)C.O.O.O.O.O. The van der Waals surface area contributed by atoms with E-state index >= 15 is 0 Å². The van der Waals surface area contributed by atoms with Gasteiger partial charge in [-0.1, -0.05) is 0 Å². The van der Waals surface area contributed by atoms with Crippen LogP contribution in [0.15, 0.2) is 0 Å². The number of thioether (sulfide) groups is 2. The predicted molar refractivity (Wildman–Crippen MR) is 189 cm³/mol. The minimum Gasteiger partial charge on any atom is -0.481 e. The third-order valence-corrected chi connectivity index (χ3v) is 10.4. The summed E-state index contributed by atoms with van der Waals surface area (Å²) in [5.41, 5.74) is 10.9. The van der Waals surface area contributed by atoms with Crippen LogP contribution >= 0.6 is 23.5 Å². The number of rotatable bonds is 12. The van der Waals surface area contributed by atoms with Crippen molar-refractivity contribution in [3.63, 3.8) is 0 Å². The zero-order valence-electron chi connectivity index (χ0n) is 29.7. The second-order valence-corrected chi connectivity index (χ2v) is 18.0. The Morgan fingerprint density at radius 3 is 0.959 bits per heavy atom. The zero-order chi connectivity index (χ0) is 34.6. The Bertz CT molecular complexity index is 1030. The van der Waals surface area contributed by atoms with Crippen LogP contribution < -0.4 is 32.7 Å². The fourth-order valence-electron chi connectivity index (χ4n) is 5.71. The van der Waals surface area contributed by atoms with Gasteiger partial charge in [-0.3, -0.25) is 28.8 Å². The molecule has 0 aromatic carbocycles. The number of carbonyl (C=O) groups is 6. The topological polar surface area (TPSA) is 401 Å². The summed E-state index contributed by atoms with van der Waals surface area (Å²) in [6.07, 6.45) is -0.945. The van der Waals surface area contributed by atoms with Gasteiger partial charge < -0.3 is 70.3 Å². The summed E-state index contributed by atoms with van der Waals surface area (Å²) in [5, 5.41) is 28.0. The standard InChI is InChI=1S/2C14H25N3O4S.5H2O/c2*1-7(16-11(21)8(15)6-9(18)19)10(20)17-12-13(2,3)22-14(12,4)5;;;;;/h2*7-8,12H,6,15H2,1-5H3,(H,16,21)(H,17,20)(H,18,19);5*1H2. The lowest BCUT2D eigenvalue weighted by Gasteiger charge is -2.57. The molecule has 2 fully saturated rings. The first-order valence-electron chi connectivity index (χ1n) is 14.3. The number of nitrogens with two attached hydrogens (primary N) is 2. The molecule has 2 aliphatic heterocycles. The molecule has 0 aromatic heterocycles. The van der Waals surface area contributed by atoms with E-state index in [1.807, 2.05) is 0 Å². The van der Waals surface area contributed by atoms with Crippen LogP contribution in [-0.2, 0) is 28.8 Å². The number of carboxylic acid groups (broad SMARTS) is 2. The number of carboxylic acids is 2. The van der Waals surface area contributed by atoms with E-state index < -0.39 is 60.8 Å². The largest absolute Gasteiger partial charge is 0.481 e. The smallest absolute Gasteiger partial charge is 0.305 e. The van der Waals surface area contributed by atoms with Gasteiger partial charge in [-0.15, -0.1) is 23.5 Å². The van der Waals surface area contributed by atoms with E-state index in [1.165, 1.54) is 0 Å². The second kappa shape index (κ2) is 20.8. The van der Waals surface area contributed by atoms with Crippen LogP contribution in [0, 0.1) is 0 Å². The van der Waals surface area contributed by atoms with Crippen LogP contribution in [0.5, 0.6) is 0 Å². The molecule has 0 aromatic rings. The van der Waals surface area contributed by atoms with Crippen molar-refractivity contribution in [3.8, 4) is 0 Å². The highest BCUT2D eigenvalue weighted by Gasteiger charge is 2.55. The van der Waals surface area contributed by atoms with Crippen molar-refractivity contribution in [2.75, 3.05) is 0 Å². The molecule has 2 saturated heterocycles. The highest BCUT2D eigenvalue weighted by Crippen LogP contribution is 2.55. The van der Waals surface area contributed by atoms with Crippen molar-refractivity contribution in [1.82, 2.24) is 21.3 Å². The highest BCUT2D eigenvalue weighted by atomic mass is 32.2. The molecule has 4 amide bonds. The number of nitrogens with one attached hydrogen (secondary N) is 4. The molecule has 0 spiro atoms. The summed E-state index contributed by atoms with van der Waals surface area (Å²) in [6, 6.07) is -3.90. The van der Waals surface area contributed by atoms with Gasteiger partial charge in [0, 0.05) is 19.0 Å². The van der Waals surface area contributed by atoms with Crippen LogP contribution in [0.25, 0.3) is 0 Å². The molecule has 19 nitrogen and oxygen atoms in total. The van der Waals surface area contributed by atoms with Gasteiger partial charge in [0.05, 0.1) is 37.0 Å². The molecule has 2 rings (SSSR count). The molecular weight excluding hydrogens is 692 g/mol. The van der Waals surface area contributed by atoms with E-state index in [0.29, 0.717) is 0 Å². The molecule has 21 heteroatoms. The normalized spacial score (nSPS) is 19.8. The summed E-state index contributed by atoms with van der Waals surface area (Å²) in [7, 11) is 0. The average Bonchev–Trinajstić information content (AvgIpc) is 2.83. The lowest BCUT2D eigenvalue weighted by Crippen LogP contribution is -2.68. The van der Waals surface area contributed by atoms with E-state index in [4.69, 9.17) is 21.7 Å². The molecule has 4 atom stereocenters. The predicted octanol–water partition coefficient (Wildman–Crippen LogP) is -3.96. The van der Waals surface area contributed by atoms with Crippen LogP contribution in [-0.4, -0.2) is 128 Å². The fourth-order valence-corrected chi connectivity index (χ4v) is 9.94.